The molecule has 1 aliphatic heterocycles. The van der Waals surface area contributed by atoms with Crippen molar-refractivity contribution in [2.45, 2.75) is 44.0 Å². The molecular weight excluding hydrogens is 450 g/mol. The lowest BCUT2D eigenvalue weighted by atomic mass is 10.0. The zero-order chi connectivity index (χ0) is 24.6. The molecule has 1 saturated heterocycles. The number of ether oxygens (including phenoxy) is 1. The van der Waals surface area contributed by atoms with Gasteiger partial charge in [-0.15, -0.1) is 0 Å². The molecule has 0 saturated carbocycles. The molecule has 1 aliphatic rings. The first-order valence-electron chi connectivity index (χ1n) is 12.1. The molecule has 1 fully saturated rings. The highest BCUT2D eigenvalue weighted by Gasteiger charge is 2.26. The Kier molecular flexibility index (Phi) is 9.64. The van der Waals surface area contributed by atoms with Crippen LogP contribution in [0.25, 0.3) is 0 Å². The number of Topliss-reactive ketones (excluding diaryl/α,β-unsaturated/α-hetero) is 1. The Morgan fingerprint density at radius 3 is 2.18 bits per heavy atom. The van der Waals surface area contributed by atoms with Gasteiger partial charge in [0.2, 0.25) is 10.0 Å². The number of carbonyl (C=O) groups excluding carboxylic acids is 1. The van der Waals surface area contributed by atoms with E-state index in [1.54, 1.807) is 35.7 Å². The Bertz CT molecular complexity index is 1010. The summed E-state index contributed by atoms with van der Waals surface area (Å²) in [6, 6.07) is 14.5. The van der Waals surface area contributed by atoms with Crippen molar-refractivity contribution in [1.29, 1.82) is 0 Å². The fraction of sp³-hybridized carbons (Fsp3) is 0.500. The molecule has 7 nitrogen and oxygen atoms in total. The number of methoxy groups -OCH3 is 1. The summed E-state index contributed by atoms with van der Waals surface area (Å²) in [4.78, 5) is 15.4. The molecule has 0 spiro atoms. The van der Waals surface area contributed by atoms with Crippen molar-refractivity contribution in [2.24, 2.45) is 0 Å². The lowest BCUT2D eigenvalue weighted by Gasteiger charge is -2.30. The maximum Gasteiger partial charge on any atom is 0.243 e. The van der Waals surface area contributed by atoms with Gasteiger partial charge in [0.25, 0.3) is 0 Å². The summed E-state index contributed by atoms with van der Waals surface area (Å²) in [5.41, 5.74) is 1.67. The van der Waals surface area contributed by atoms with Crippen molar-refractivity contribution in [3.8, 4) is 5.75 Å². The van der Waals surface area contributed by atoms with Crippen LogP contribution in [0.4, 0.5) is 0 Å². The second kappa shape index (κ2) is 12.4. The Hall–Kier alpha value is -2.26. The molecule has 1 N–H and O–H groups in total. The number of hydrogen-bond donors (Lipinski definition) is 1. The van der Waals surface area contributed by atoms with Gasteiger partial charge in [0.1, 0.15) is 5.75 Å². The van der Waals surface area contributed by atoms with Crippen LogP contribution in [0.2, 0.25) is 0 Å². The third-order valence-corrected chi connectivity index (χ3v) is 8.42. The quantitative estimate of drug-likeness (QED) is 0.460. The van der Waals surface area contributed by atoms with Gasteiger partial charge in [0, 0.05) is 31.2 Å². The van der Waals surface area contributed by atoms with Crippen LogP contribution in [-0.4, -0.2) is 69.8 Å². The van der Waals surface area contributed by atoms with Crippen molar-refractivity contribution in [3.63, 3.8) is 0 Å². The maximum absolute atomic E-state index is 12.8. The molecule has 3 rings (SSSR count). The molecule has 0 aliphatic carbocycles. The molecule has 0 bridgehead atoms. The largest absolute Gasteiger partial charge is 0.497 e. The molecular formula is C26H37N3O4S. The van der Waals surface area contributed by atoms with E-state index >= 15 is 0 Å². The minimum Gasteiger partial charge on any atom is -0.497 e. The van der Waals surface area contributed by atoms with Gasteiger partial charge in [-0.1, -0.05) is 44.5 Å². The van der Waals surface area contributed by atoms with Crippen molar-refractivity contribution < 1.29 is 17.9 Å². The Balaban J connectivity index is 1.61. The smallest absolute Gasteiger partial charge is 0.243 e. The van der Waals surface area contributed by atoms with Crippen LogP contribution >= 0.6 is 0 Å². The summed E-state index contributed by atoms with van der Waals surface area (Å²) < 4.78 is 32.5. The number of sulfonamides is 1. The van der Waals surface area contributed by atoms with E-state index in [0.29, 0.717) is 25.2 Å². The lowest BCUT2D eigenvalue weighted by molar-refractivity contribution is 0.0986. The minimum absolute atomic E-state index is 0.0602. The van der Waals surface area contributed by atoms with Gasteiger partial charge in [-0.2, -0.15) is 4.31 Å². The van der Waals surface area contributed by atoms with Gasteiger partial charge in [-0.05, 0) is 55.8 Å². The number of nitrogens with zero attached hydrogens (tertiary/aromatic N) is 2. The molecule has 0 amide bonds. The van der Waals surface area contributed by atoms with Gasteiger partial charge in [0.15, 0.2) is 5.78 Å². The number of benzene rings is 2. The van der Waals surface area contributed by atoms with Gasteiger partial charge >= 0.3 is 0 Å². The average Bonchev–Trinajstić information content (AvgIpc) is 2.89. The molecule has 1 unspecified atom stereocenters. The molecule has 1 heterocycles. The Morgan fingerprint density at radius 1 is 1.00 bits per heavy atom. The van der Waals surface area contributed by atoms with Crippen LogP contribution in [0.1, 0.15) is 55.1 Å². The Labute approximate surface area is 204 Å². The molecule has 1 atom stereocenters. The lowest BCUT2D eigenvalue weighted by Crippen LogP contribution is -2.37. The van der Waals surface area contributed by atoms with Gasteiger partial charge in [-0.3, -0.25) is 9.69 Å². The third kappa shape index (κ3) is 6.44. The van der Waals surface area contributed by atoms with Gasteiger partial charge < -0.3 is 10.1 Å². The van der Waals surface area contributed by atoms with Crippen LogP contribution in [0.5, 0.6) is 5.75 Å². The zero-order valence-electron chi connectivity index (χ0n) is 20.5. The van der Waals surface area contributed by atoms with Crippen molar-refractivity contribution >= 4 is 15.8 Å². The van der Waals surface area contributed by atoms with E-state index < -0.39 is 10.0 Å². The first-order valence-corrected chi connectivity index (χ1v) is 13.6. The second-order valence-corrected chi connectivity index (χ2v) is 10.5. The zero-order valence-corrected chi connectivity index (χ0v) is 21.3. The maximum atomic E-state index is 12.8. The summed E-state index contributed by atoms with van der Waals surface area (Å²) >= 11 is 0. The van der Waals surface area contributed by atoms with E-state index in [-0.39, 0.29) is 23.3 Å². The van der Waals surface area contributed by atoms with E-state index in [2.05, 4.69) is 36.2 Å². The number of ketones is 1. The predicted molar refractivity (Wildman–Crippen MR) is 135 cm³/mol. The van der Waals surface area contributed by atoms with Gasteiger partial charge in [-0.25, -0.2) is 8.42 Å². The fourth-order valence-corrected chi connectivity index (χ4v) is 5.96. The van der Waals surface area contributed by atoms with Crippen molar-refractivity contribution in [2.75, 3.05) is 46.4 Å². The molecule has 186 valence electrons. The first kappa shape index (κ1) is 26.3. The molecule has 0 aromatic heterocycles. The normalized spacial score (nSPS) is 15.9. The van der Waals surface area contributed by atoms with E-state index in [4.69, 9.17) is 4.74 Å². The number of nitrogens with one attached hydrogen (secondary N) is 1. The molecule has 8 heteroatoms. The highest BCUT2D eigenvalue weighted by Crippen LogP contribution is 2.23. The third-order valence-electron chi connectivity index (χ3n) is 6.51. The number of hydrogen-bond acceptors (Lipinski definition) is 6. The molecule has 34 heavy (non-hydrogen) atoms. The number of piperidine rings is 1. The Morgan fingerprint density at radius 2 is 1.62 bits per heavy atom. The van der Waals surface area contributed by atoms with Crippen LogP contribution < -0.4 is 10.1 Å². The fourth-order valence-electron chi connectivity index (χ4n) is 4.44. The van der Waals surface area contributed by atoms with Crippen LogP contribution in [0.3, 0.4) is 0 Å². The molecule has 0 radical (unpaired) electrons. The summed E-state index contributed by atoms with van der Waals surface area (Å²) in [6.45, 7) is 8.00. The van der Waals surface area contributed by atoms with Crippen LogP contribution in [-0.2, 0) is 10.0 Å². The van der Waals surface area contributed by atoms with E-state index in [0.717, 1.165) is 43.7 Å². The standard InChI is InChI=1S/C26H37N3O4S/c1-4-28(5-2)25(21-9-13-23(33-3)14-10-21)19-27-20-26(30)22-11-15-24(16-12-22)34(31,32)29-17-7-6-8-18-29/h9-16,25,27H,4-8,17-20H2,1-3H3. The minimum atomic E-state index is -3.49. The first-order chi connectivity index (χ1) is 16.4. The molecule has 2 aromatic rings. The van der Waals surface area contributed by atoms with E-state index in [9.17, 15) is 13.2 Å². The van der Waals surface area contributed by atoms with Gasteiger partial charge in [0.05, 0.1) is 18.6 Å². The van der Waals surface area contributed by atoms with Crippen molar-refractivity contribution in [3.05, 3.63) is 59.7 Å². The SMILES string of the molecule is CCN(CC)C(CNCC(=O)c1ccc(S(=O)(=O)N2CCCCC2)cc1)c1ccc(OC)cc1. The summed E-state index contributed by atoms with van der Waals surface area (Å²) in [5.74, 6) is 0.755. The number of carbonyl (C=O) groups is 1. The van der Waals surface area contributed by atoms with Crippen molar-refractivity contribution in [1.82, 2.24) is 14.5 Å². The summed E-state index contributed by atoms with van der Waals surface area (Å²) in [7, 11) is -1.84. The highest BCUT2D eigenvalue weighted by atomic mass is 32.2. The van der Waals surface area contributed by atoms with E-state index in [1.807, 2.05) is 12.1 Å². The average molecular weight is 488 g/mol. The second-order valence-electron chi connectivity index (χ2n) is 8.55. The topological polar surface area (TPSA) is 79.0 Å². The molecule has 2 aromatic carbocycles. The number of likely N-dealkylation sites (N-methyl/N-ethyl adjacent to an activating group) is 1. The highest BCUT2D eigenvalue weighted by molar-refractivity contribution is 7.89. The van der Waals surface area contributed by atoms with Crippen LogP contribution in [0.15, 0.2) is 53.4 Å². The summed E-state index contributed by atoms with van der Waals surface area (Å²) in [6.07, 6.45) is 2.86. The predicted octanol–water partition coefficient (Wildman–Crippen LogP) is 3.73. The number of rotatable bonds is 12. The monoisotopic (exact) mass is 487 g/mol. The van der Waals surface area contributed by atoms with E-state index in [1.165, 1.54) is 0 Å². The van der Waals surface area contributed by atoms with Crippen LogP contribution in [0, 0.1) is 0 Å². The summed E-state index contributed by atoms with van der Waals surface area (Å²) in [5, 5.41) is 3.31.